The van der Waals surface area contributed by atoms with Gasteiger partial charge in [0.2, 0.25) is 17.7 Å². The number of ether oxygens (including phenoxy) is 3. The average Bonchev–Trinajstić information content (AvgIpc) is 3.46. The van der Waals surface area contributed by atoms with E-state index in [-0.39, 0.29) is 18.1 Å². The molecule has 10 nitrogen and oxygen atoms in total. The molecule has 0 spiro atoms. The summed E-state index contributed by atoms with van der Waals surface area (Å²) >= 11 is 1.86. The molecule has 2 saturated heterocycles. The summed E-state index contributed by atoms with van der Waals surface area (Å²) in [4.78, 5) is 56.9. The molecule has 2 aromatic carbocycles. The van der Waals surface area contributed by atoms with Gasteiger partial charge < -0.3 is 19.1 Å². The van der Waals surface area contributed by atoms with Crippen molar-refractivity contribution in [3.8, 4) is 11.5 Å². The summed E-state index contributed by atoms with van der Waals surface area (Å²) in [5, 5.41) is -0.698. The van der Waals surface area contributed by atoms with E-state index in [1.54, 1.807) is 23.1 Å². The van der Waals surface area contributed by atoms with Gasteiger partial charge in [-0.1, -0.05) is 35.2 Å². The molecule has 3 amide bonds. The van der Waals surface area contributed by atoms with Crippen molar-refractivity contribution in [3.05, 3.63) is 68.1 Å². The largest absolute Gasteiger partial charge is 0.493 e. The molecule has 0 radical (unpaired) electrons. The van der Waals surface area contributed by atoms with Crippen LogP contribution in [0.2, 0.25) is 0 Å². The Kier molecular flexibility index (Phi) is 7.96. The Morgan fingerprint density at radius 2 is 1.73 bits per heavy atom. The number of halogens is 3. The third kappa shape index (κ3) is 5.16. The Hall–Kier alpha value is -3.82. The number of benzene rings is 2. The van der Waals surface area contributed by atoms with Gasteiger partial charge in [0.05, 0.1) is 49.6 Å². The number of carbonyl (C=O) groups is 3. The minimum atomic E-state index is -4.68. The Morgan fingerprint density at radius 3 is 2.41 bits per heavy atom. The second kappa shape index (κ2) is 11.6. The molecule has 2 fully saturated rings. The number of fused-ring (bicyclic) bond motifs is 2. The van der Waals surface area contributed by atoms with Gasteiger partial charge in [-0.2, -0.15) is 13.2 Å². The zero-order chi connectivity index (χ0) is 31.3. The summed E-state index contributed by atoms with van der Waals surface area (Å²) in [6, 6.07) is 9.05. The van der Waals surface area contributed by atoms with Crippen LogP contribution in [0.1, 0.15) is 21.9 Å². The van der Waals surface area contributed by atoms with Crippen LogP contribution in [-0.2, 0) is 31.8 Å². The molecule has 1 aromatic heterocycles. The molecular weight excluding hydrogens is 623 g/mol. The Labute approximate surface area is 257 Å². The summed E-state index contributed by atoms with van der Waals surface area (Å²) in [5.41, 5.74) is -0.651. The Balaban J connectivity index is 1.46. The minimum absolute atomic E-state index is 0.195. The number of aromatic nitrogens is 1. The van der Waals surface area contributed by atoms with Crippen molar-refractivity contribution in [2.45, 2.75) is 28.9 Å². The fraction of sp³-hybridized carbons (Fsp3) is 0.379. The SMILES string of the molecule is COc1ccc([C@@H]2c3sc(=O)n(CC(=O)N4CCOCC4)c3SC3C(=O)N(c4cccc(C(F)(F)F)c4)C(=O)C32)cc1OC. The molecule has 3 aromatic rings. The van der Waals surface area contributed by atoms with Gasteiger partial charge in [-0.15, -0.1) is 0 Å². The van der Waals surface area contributed by atoms with Crippen molar-refractivity contribution in [2.24, 2.45) is 5.92 Å². The number of alkyl halides is 3. The average molecular weight is 650 g/mol. The van der Waals surface area contributed by atoms with E-state index in [2.05, 4.69) is 0 Å². The summed E-state index contributed by atoms with van der Waals surface area (Å²) in [7, 11) is 2.91. The lowest BCUT2D eigenvalue weighted by Crippen LogP contribution is -2.43. The van der Waals surface area contributed by atoms with Gasteiger partial charge in [-0.05, 0) is 35.9 Å². The molecule has 0 saturated carbocycles. The van der Waals surface area contributed by atoms with Gasteiger partial charge in [0.25, 0.3) is 0 Å². The van der Waals surface area contributed by atoms with Crippen LogP contribution in [0.5, 0.6) is 11.5 Å². The van der Waals surface area contributed by atoms with Crippen molar-refractivity contribution in [2.75, 3.05) is 45.4 Å². The first-order valence-corrected chi connectivity index (χ1v) is 15.3. The summed E-state index contributed by atoms with van der Waals surface area (Å²) in [6.07, 6.45) is -4.68. The van der Waals surface area contributed by atoms with Crippen molar-refractivity contribution in [1.82, 2.24) is 9.47 Å². The van der Waals surface area contributed by atoms with Gasteiger partial charge in [0.1, 0.15) is 11.8 Å². The number of imide groups is 1. The smallest absolute Gasteiger partial charge is 0.416 e. The molecule has 15 heteroatoms. The maximum atomic E-state index is 14.1. The van der Waals surface area contributed by atoms with E-state index in [4.69, 9.17) is 14.2 Å². The summed E-state index contributed by atoms with van der Waals surface area (Å²) < 4.78 is 58.1. The second-order valence-electron chi connectivity index (χ2n) is 10.3. The van der Waals surface area contributed by atoms with Crippen molar-refractivity contribution >= 4 is 46.5 Å². The van der Waals surface area contributed by atoms with E-state index in [0.717, 1.165) is 46.2 Å². The molecule has 6 rings (SSSR count). The number of thiazole rings is 1. The first kappa shape index (κ1) is 30.2. The normalized spacial score (nSPS) is 21.7. The highest BCUT2D eigenvalue weighted by molar-refractivity contribution is 8.00. The molecule has 0 bridgehead atoms. The number of morpholine rings is 1. The molecular formula is C29H26F3N3O7S2. The number of nitrogens with zero attached hydrogens (tertiary/aromatic N) is 3. The standard InChI is InChI=1S/C29H26F3N3O7S2/c1-40-18-7-6-15(12-19(18)41-2)21-22-23(26(38)35(25(22)37)17-5-3-4-16(13-17)29(30,31)32)43-27-24(21)44-28(39)34(27)14-20(36)33-8-10-42-11-9-33/h3-7,12-13,21-23H,8-11,14H2,1-2H3/t21-,22?,23?/m0/s1. The monoisotopic (exact) mass is 649 g/mol. The van der Waals surface area contributed by atoms with Crippen LogP contribution in [0.25, 0.3) is 0 Å². The predicted molar refractivity (Wildman–Crippen MR) is 154 cm³/mol. The number of thioether (sulfide) groups is 1. The van der Waals surface area contributed by atoms with Crippen LogP contribution in [0.3, 0.4) is 0 Å². The van der Waals surface area contributed by atoms with Crippen molar-refractivity contribution < 1.29 is 41.8 Å². The fourth-order valence-electron chi connectivity index (χ4n) is 5.78. The zero-order valence-electron chi connectivity index (χ0n) is 23.5. The fourth-order valence-corrected chi connectivity index (χ4v) is 8.56. The van der Waals surface area contributed by atoms with Crippen LogP contribution in [0.4, 0.5) is 18.9 Å². The predicted octanol–water partition coefficient (Wildman–Crippen LogP) is 3.60. The van der Waals surface area contributed by atoms with Gasteiger partial charge in [-0.25, -0.2) is 4.90 Å². The van der Waals surface area contributed by atoms with Gasteiger partial charge in [0, 0.05) is 23.9 Å². The van der Waals surface area contributed by atoms with Crippen LogP contribution < -0.4 is 19.2 Å². The van der Waals surface area contributed by atoms with Gasteiger partial charge >= 0.3 is 11.0 Å². The topological polar surface area (TPSA) is 107 Å². The number of anilines is 1. The number of methoxy groups -OCH3 is 2. The second-order valence-corrected chi connectivity index (χ2v) is 12.5. The van der Waals surface area contributed by atoms with Crippen LogP contribution in [0.15, 0.2) is 52.3 Å². The van der Waals surface area contributed by atoms with E-state index in [0.29, 0.717) is 53.3 Å². The highest BCUT2D eigenvalue weighted by Crippen LogP contribution is 2.54. The molecule has 0 aliphatic carbocycles. The number of carbonyl (C=O) groups excluding carboxylic acids is 3. The van der Waals surface area contributed by atoms with E-state index in [9.17, 15) is 32.3 Å². The molecule has 3 aliphatic heterocycles. The molecule has 0 N–H and O–H groups in total. The van der Waals surface area contributed by atoms with Gasteiger partial charge in [0.15, 0.2) is 11.5 Å². The Bertz CT molecular complexity index is 1700. The quantitative estimate of drug-likeness (QED) is 0.373. The van der Waals surface area contributed by atoms with Crippen molar-refractivity contribution in [3.63, 3.8) is 0 Å². The number of hydrogen-bond acceptors (Lipinski definition) is 9. The van der Waals surface area contributed by atoms with Gasteiger partial charge in [-0.3, -0.25) is 23.7 Å². The highest BCUT2D eigenvalue weighted by atomic mass is 32.2. The van der Waals surface area contributed by atoms with E-state index >= 15 is 0 Å². The molecule has 3 aliphatic rings. The van der Waals surface area contributed by atoms with E-state index in [1.165, 1.54) is 24.9 Å². The maximum Gasteiger partial charge on any atom is 0.416 e. The lowest BCUT2D eigenvalue weighted by atomic mass is 9.83. The molecule has 3 atom stereocenters. The molecule has 4 heterocycles. The van der Waals surface area contributed by atoms with Crippen LogP contribution in [0, 0.1) is 5.92 Å². The lowest BCUT2D eigenvalue weighted by molar-refractivity contribution is -0.138. The van der Waals surface area contributed by atoms with Crippen LogP contribution >= 0.6 is 23.1 Å². The minimum Gasteiger partial charge on any atom is -0.493 e. The van der Waals surface area contributed by atoms with E-state index in [1.807, 2.05) is 0 Å². The first-order valence-electron chi connectivity index (χ1n) is 13.6. The summed E-state index contributed by atoms with van der Waals surface area (Å²) in [6.45, 7) is 1.25. The number of rotatable bonds is 6. The molecule has 232 valence electrons. The van der Waals surface area contributed by atoms with Crippen LogP contribution in [-0.4, -0.2) is 73.0 Å². The third-order valence-electron chi connectivity index (χ3n) is 7.90. The molecule has 2 unspecified atom stereocenters. The lowest BCUT2D eigenvalue weighted by Gasteiger charge is -2.31. The maximum absolute atomic E-state index is 14.1. The van der Waals surface area contributed by atoms with Crippen molar-refractivity contribution in [1.29, 1.82) is 0 Å². The number of hydrogen-bond donors (Lipinski definition) is 0. The third-order valence-corrected chi connectivity index (χ3v) is 10.5. The van der Waals surface area contributed by atoms with E-state index < -0.39 is 45.5 Å². The highest BCUT2D eigenvalue weighted by Gasteiger charge is 2.57. The summed E-state index contributed by atoms with van der Waals surface area (Å²) in [5.74, 6) is -2.79. The zero-order valence-corrected chi connectivity index (χ0v) is 25.1. The first-order chi connectivity index (χ1) is 21.0. The Morgan fingerprint density at radius 1 is 1.00 bits per heavy atom. The number of amides is 3. The molecule has 44 heavy (non-hydrogen) atoms.